The number of fused-ring (bicyclic) bond motifs is 1. The summed E-state index contributed by atoms with van der Waals surface area (Å²) in [6.07, 6.45) is 3.65. The molecule has 1 fully saturated rings. The van der Waals surface area contributed by atoms with Crippen molar-refractivity contribution in [3.05, 3.63) is 48.3 Å². The standard InChI is InChI=1S/C23H29N5O2/c1-15(2)30-21-5-4-10-25-22(21)27(3)18-8-11-28(12-9-18)23(29)20-14-16-13-17(24)6-7-19(16)26-20/h4-7,10,13-15,18,26H,8-9,11-12,24H2,1-3H3. The van der Waals surface area contributed by atoms with Gasteiger partial charge in [0.05, 0.1) is 6.10 Å². The maximum absolute atomic E-state index is 13.0. The van der Waals surface area contributed by atoms with E-state index in [0.717, 1.165) is 35.3 Å². The number of pyridine rings is 1. The summed E-state index contributed by atoms with van der Waals surface area (Å²) in [5.41, 5.74) is 8.08. The van der Waals surface area contributed by atoms with Gasteiger partial charge in [0, 0.05) is 49.0 Å². The summed E-state index contributed by atoms with van der Waals surface area (Å²) in [6.45, 7) is 5.44. The number of nitrogens with one attached hydrogen (secondary N) is 1. The van der Waals surface area contributed by atoms with Gasteiger partial charge >= 0.3 is 0 Å². The number of ether oxygens (including phenoxy) is 1. The number of piperidine rings is 1. The van der Waals surface area contributed by atoms with Crippen LogP contribution in [0.25, 0.3) is 10.9 Å². The van der Waals surface area contributed by atoms with E-state index in [0.29, 0.717) is 30.5 Å². The van der Waals surface area contributed by atoms with Gasteiger partial charge < -0.3 is 25.3 Å². The first kappa shape index (κ1) is 20.1. The topological polar surface area (TPSA) is 87.5 Å². The molecule has 7 heteroatoms. The van der Waals surface area contributed by atoms with Crippen LogP contribution in [-0.2, 0) is 0 Å². The average molecular weight is 408 g/mol. The fourth-order valence-corrected chi connectivity index (χ4v) is 4.06. The van der Waals surface area contributed by atoms with Crippen molar-refractivity contribution in [2.45, 2.75) is 38.8 Å². The first-order valence-electron chi connectivity index (χ1n) is 10.4. The molecule has 7 nitrogen and oxygen atoms in total. The largest absolute Gasteiger partial charge is 0.487 e. The molecule has 1 aliphatic rings. The Morgan fingerprint density at radius 2 is 2.03 bits per heavy atom. The Morgan fingerprint density at radius 1 is 1.27 bits per heavy atom. The summed E-state index contributed by atoms with van der Waals surface area (Å²) in [6, 6.07) is 11.7. The highest BCUT2D eigenvalue weighted by Crippen LogP contribution is 2.30. The van der Waals surface area contributed by atoms with Gasteiger partial charge in [0.2, 0.25) is 0 Å². The van der Waals surface area contributed by atoms with Crippen LogP contribution in [-0.4, -0.2) is 53.1 Å². The Balaban J connectivity index is 1.42. The summed E-state index contributed by atoms with van der Waals surface area (Å²) in [5, 5.41) is 0.959. The van der Waals surface area contributed by atoms with Gasteiger partial charge in [-0.15, -0.1) is 0 Å². The molecule has 0 aliphatic carbocycles. The molecular weight excluding hydrogens is 378 g/mol. The number of carbonyl (C=O) groups is 1. The van der Waals surface area contributed by atoms with Gasteiger partial charge in [0.15, 0.2) is 11.6 Å². The number of aromatic amines is 1. The van der Waals surface area contributed by atoms with Crippen molar-refractivity contribution in [1.29, 1.82) is 0 Å². The number of hydrogen-bond donors (Lipinski definition) is 2. The number of benzene rings is 1. The molecule has 1 saturated heterocycles. The van der Waals surface area contributed by atoms with Gasteiger partial charge in [-0.2, -0.15) is 0 Å². The van der Waals surface area contributed by atoms with Gasteiger partial charge in [-0.1, -0.05) is 0 Å². The molecule has 0 saturated carbocycles. The molecule has 0 bridgehead atoms. The van der Waals surface area contributed by atoms with E-state index in [-0.39, 0.29) is 12.0 Å². The van der Waals surface area contributed by atoms with Crippen molar-refractivity contribution in [3.8, 4) is 5.75 Å². The van der Waals surface area contributed by atoms with E-state index in [9.17, 15) is 4.79 Å². The van der Waals surface area contributed by atoms with E-state index in [1.807, 2.05) is 55.1 Å². The first-order chi connectivity index (χ1) is 14.4. The zero-order chi connectivity index (χ0) is 21.3. The lowest BCUT2D eigenvalue weighted by Gasteiger charge is -2.37. The van der Waals surface area contributed by atoms with E-state index in [2.05, 4.69) is 21.9 Å². The predicted molar refractivity (Wildman–Crippen MR) is 120 cm³/mol. The summed E-state index contributed by atoms with van der Waals surface area (Å²) in [7, 11) is 2.06. The van der Waals surface area contributed by atoms with Crippen LogP contribution in [0.3, 0.4) is 0 Å². The van der Waals surface area contributed by atoms with Gasteiger partial charge in [0.25, 0.3) is 5.91 Å². The molecule has 3 heterocycles. The minimum absolute atomic E-state index is 0.0348. The van der Waals surface area contributed by atoms with Crippen molar-refractivity contribution in [2.75, 3.05) is 30.8 Å². The number of hydrogen-bond acceptors (Lipinski definition) is 5. The van der Waals surface area contributed by atoms with Crippen LogP contribution in [0, 0.1) is 0 Å². The highest BCUT2D eigenvalue weighted by Gasteiger charge is 2.28. The van der Waals surface area contributed by atoms with Crippen LogP contribution in [0.4, 0.5) is 11.5 Å². The zero-order valence-corrected chi connectivity index (χ0v) is 17.8. The van der Waals surface area contributed by atoms with Gasteiger partial charge in [-0.25, -0.2) is 4.98 Å². The monoisotopic (exact) mass is 407 g/mol. The van der Waals surface area contributed by atoms with Gasteiger partial charge in [-0.3, -0.25) is 4.79 Å². The molecule has 3 N–H and O–H groups in total. The summed E-state index contributed by atoms with van der Waals surface area (Å²) >= 11 is 0. The number of nitrogen functional groups attached to an aromatic ring is 1. The Kier molecular flexibility index (Phi) is 5.53. The van der Waals surface area contributed by atoms with E-state index in [1.165, 1.54) is 0 Å². The molecule has 0 spiro atoms. The van der Waals surface area contributed by atoms with Crippen molar-refractivity contribution in [1.82, 2.24) is 14.9 Å². The number of H-pyrrole nitrogens is 1. The second kappa shape index (κ2) is 8.26. The number of nitrogens with zero attached hydrogens (tertiary/aromatic N) is 3. The van der Waals surface area contributed by atoms with Crippen LogP contribution in [0.2, 0.25) is 0 Å². The summed E-state index contributed by atoms with van der Waals surface area (Å²) < 4.78 is 5.93. The minimum Gasteiger partial charge on any atom is -0.487 e. The van der Waals surface area contributed by atoms with Crippen LogP contribution >= 0.6 is 0 Å². The molecule has 3 aromatic rings. The van der Waals surface area contributed by atoms with Gasteiger partial charge in [-0.05, 0) is 63.1 Å². The molecule has 2 aromatic heterocycles. The van der Waals surface area contributed by atoms with Gasteiger partial charge in [0.1, 0.15) is 5.69 Å². The molecule has 0 radical (unpaired) electrons. The van der Waals surface area contributed by atoms with E-state index >= 15 is 0 Å². The normalized spacial score (nSPS) is 15.0. The molecular formula is C23H29N5O2. The Hall–Kier alpha value is -3.22. The summed E-state index contributed by atoms with van der Waals surface area (Å²) in [4.78, 5) is 24.9. The highest BCUT2D eigenvalue weighted by molar-refractivity contribution is 5.98. The van der Waals surface area contributed by atoms with Crippen molar-refractivity contribution in [3.63, 3.8) is 0 Å². The quantitative estimate of drug-likeness (QED) is 0.630. The molecule has 4 rings (SSSR count). The maximum atomic E-state index is 13.0. The van der Waals surface area contributed by atoms with Crippen LogP contribution in [0.1, 0.15) is 37.2 Å². The number of likely N-dealkylation sites (tertiary alicyclic amines) is 1. The Labute approximate surface area is 176 Å². The third kappa shape index (κ3) is 4.06. The number of amides is 1. The predicted octanol–water partition coefficient (Wildman–Crippen LogP) is 3.67. The first-order valence-corrected chi connectivity index (χ1v) is 10.4. The molecule has 30 heavy (non-hydrogen) atoms. The number of carbonyl (C=O) groups excluding carboxylic acids is 1. The highest BCUT2D eigenvalue weighted by atomic mass is 16.5. The van der Waals surface area contributed by atoms with Crippen molar-refractivity contribution < 1.29 is 9.53 Å². The minimum atomic E-state index is 0.0348. The number of rotatable bonds is 5. The summed E-state index contributed by atoms with van der Waals surface area (Å²) in [5.74, 6) is 1.68. The van der Waals surface area contributed by atoms with Crippen LogP contribution in [0.5, 0.6) is 5.75 Å². The van der Waals surface area contributed by atoms with Crippen LogP contribution < -0.4 is 15.4 Å². The fraction of sp³-hybridized carbons (Fsp3) is 0.391. The molecule has 1 aromatic carbocycles. The molecule has 1 amide bonds. The third-order valence-electron chi connectivity index (χ3n) is 5.62. The second-order valence-corrected chi connectivity index (χ2v) is 8.16. The SMILES string of the molecule is CC(C)Oc1cccnc1N(C)C1CCN(C(=O)c2cc3cc(N)ccc3[nH]2)CC1. The lowest BCUT2D eigenvalue weighted by Crippen LogP contribution is -2.46. The molecule has 0 atom stereocenters. The molecule has 158 valence electrons. The Morgan fingerprint density at radius 3 is 2.77 bits per heavy atom. The lowest BCUT2D eigenvalue weighted by atomic mass is 10.0. The molecule has 0 unspecified atom stereocenters. The lowest BCUT2D eigenvalue weighted by molar-refractivity contribution is 0.0708. The Bertz CT molecular complexity index is 1040. The smallest absolute Gasteiger partial charge is 0.270 e. The van der Waals surface area contributed by atoms with Crippen molar-refractivity contribution in [2.24, 2.45) is 0 Å². The van der Waals surface area contributed by atoms with Crippen molar-refractivity contribution >= 4 is 28.3 Å². The van der Waals surface area contributed by atoms with E-state index < -0.39 is 0 Å². The van der Waals surface area contributed by atoms with Crippen LogP contribution in [0.15, 0.2) is 42.6 Å². The number of aromatic nitrogens is 2. The third-order valence-corrected chi connectivity index (χ3v) is 5.62. The van der Waals surface area contributed by atoms with E-state index in [4.69, 9.17) is 10.5 Å². The van der Waals surface area contributed by atoms with E-state index in [1.54, 1.807) is 6.20 Å². The maximum Gasteiger partial charge on any atom is 0.270 e. The second-order valence-electron chi connectivity index (χ2n) is 8.16. The molecule has 1 aliphatic heterocycles. The zero-order valence-electron chi connectivity index (χ0n) is 17.8. The number of anilines is 2. The number of nitrogens with two attached hydrogens (primary N) is 1. The average Bonchev–Trinajstić information content (AvgIpc) is 3.16. The fourth-order valence-electron chi connectivity index (χ4n) is 4.06.